The summed E-state index contributed by atoms with van der Waals surface area (Å²) in [6.45, 7) is 4.69. The van der Waals surface area contributed by atoms with Gasteiger partial charge in [-0.3, -0.25) is 9.48 Å². The number of nitrogens with zero attached hydrogens (tertiary/aromatic N) is 2. The van der Waals surface area contributed by atoms with Crippen LogP contribution in [-0.2, 0) is 31.2 Å². The highest BCUT2D eigenvalue weighted by molar-refractivity contribution is 5.77. The van der Waals surface area contributed by atoms with Gasteiger partial charge in [0.1, 0.15) is 0 Å². The van der Waals surface area contributed by atoms with Crippen LogP contribution in [0, 0.1) is 0 Å². The van der Waals surface area contributed by atoms with E-state index >= 15 is 0 Å². The summed E-state index contributed by atoms with van der Waals surface area (Å²) in [5.74, 6) is -0.0626. The van der Waals surface area contributed by atoms with Gasteiger partial charge in [-0.05, 0) is 25.7 Å². The molecule has 0 unspecified atom stereocenters. The summed E-state index contributed by atoms with van der Waals surface area (Å²) in [5, 5.41) is 17.8. The van der Waals surface area contributed by atoms with Gasteiger partial charge in [-0.1, -0.05) is 26.7 Å². The molecule has 0 radical (unpaired) electrons. The van der Waals surface area contributed by atoms with Crippen molar-refractivity contribution in [2.24, 2.45) is 7.05 Å². The van der Waals surface area contributed by atoms with Gasteiger partial charge in [0, 0.05) is 24.8 Å². The number of carbonyl (C=O) groups is 1. The molecule has 5 nitrogen and oxygen atoms in total. The van der Waals surface area contributed by atoms with Crippen molar-refractivity contribution < 1.29 is 9.90 Å². The number of rotatable bonds is 6. The van der Waals surface area contributed by atoms with Gasteiger partial charge in [0.25, 0.3) is 0 Å². The lowest BCUT2D eigenvalue weighted by molar-refractivity contribution is -0.126. The lowest BCUT2D eigenvalue weighted by atomic mass is 9.97. The number of aromatic nitrogens is 2. The summed E-state index contributed by atoms with van der Waals surface area (Å²) in [6.07, 6.45) is 5.51. The molecule has 0 aromatic carbocycles. The van der Waals surface area contributed by atoms with Crippen LogP contribution in [0.25, 0.3) is 0 Å². The highest BCUT2D eigenvalue weighted by Crippen LogP contribution is 2.32. The van der Waals surface area contributed by atoms with E-state index in [0.29, 0.717) is 6.54 Å². The quantitative estimate of drug-likeness (QED) is 0.841. The van der Waals surface area contributed by atoms with Crippen LogP contribution in [0.5, 0.6) is 0 Å². The normalized spacial score (nSPS) is 17.1. The van der Waals surface area contributed by atoms with Crippen LogP contribution in [0.2, 0.25) is 0 Å². The molecular weight excluding hydrogens is 266 g/mol. The van der Waals surface area contributed by atoms with Crippen molar-refractivity contribution >= 4 is 5.91 Å². The van der Waals surface area contributed by atoms with Crippen LogP contribution in [-0.4, -0.2) is 26.4 Å². The average molecular weight is 293 g/mol. The molecule has 1 amide bonds. The first kappa shape index (κ1) is 16.0. The molecule has 21 heavy (non-hydrogen) atoms. The van der Waals surface area contributed by atoms with Crippen molar-refractivity contribution in [1.29, 1.82) is 0 Å². The third-order valence-corrected chi connectivity index (χ3v) is 4.51. The first-order chi connectivity index (χ1) is 9.99. The molecule has 5 heteroatoms. The molecule has 1 aliphatic carbocycles. The van der Waals surface area contributed by atoms with Crippen LogP contribution < -0.4 is 5.32 Å². The van der Waals surface area contributed by atoms with Crippen molar-refractivity contribution in [2.75, 3.05) is 0 Å². The molecule has 0 atom stereocenters. The fourth-order valence-electron chi connectivity index (χ4n) is 3.35. The molecule has 1 aromatic rings. The molecule has 0 aliphatic heterocycles. The van der Waals surface area contributed by atoms with E-state index < -0.39 is 5.60 Å². The minimum Gasteiger partial charge on any atom is -0.389 e. The summed E-state index contributed by atoms with van der Waals surface area (Å²) in [4.78, 5) is 12.1. The predicted molar refractivity (Wildman–Crippen MR) is 81.8 cm³/mol. The zero-order valence-corrected chi connectivity index (χ0v) is 13.4. The lowest BCUT2D eigenvalue weighted by Gasteiger charge is -2.21. The fraction of sp³-hybridized carbons (Fsp3) is 0.750. The van der Waals surface area contributed by atoms with Gasteiger partial charge in [-0.15, -0.1) is 0 Å². The van der Waals surface area contributed by atoms with Gasteiger partial charge >= 0.3 is 0 Å². The Morgan fingerprint density at radius 1 is 1.33 bits per heavy atom. The number of hydrogen-bond acceptors (Lipinski definition) is 3. The molecule has 2 N–H and O–H groups in total. The maximum atomic E-state index is 12.1. The van der Waals surface area contributed by atoms with Crippen LogP contribution in [0.3, 0.4) is 0 Å². The van der Waals surface area contributed by atoms with E-state index in [1.165, 1.54) is 5.69 Å². The Labute approximate surface area is 126 Å². The SMILES string of the molecule is CCc1nn(C)c(CC)c1CNC(=O)CC1(O)CCCC1. The van der Waals surface area contributed by atoms with Gasteiger partial charge in [-0.2, -0.15) is 5.10 Å². The van der Waals surface area contributed by atoms with Crippen LogP contribution in [0.4, 0.5) is 0 Å². The number of hydrogen-bond donors (Lipinski definition) is 2. The van der Waals surface area contributed by atoms with E-state index in [1.54, 1.807) is 0 Å². The Hall–Kier alpha value is -1.36. The monoisotopic (exact) mass is 293 g/mol. The summed E-state index contributed by atoms with van der Waals surface area (Å²) in [6, 6.07) is 0. The standard InChI is InChI=1S/C16H27N3O2/c1-4-13-12(14(5-2)19(3)18-13)11-17-15(20)10-16(21)8-6-7-9-16/h21H,4-11H2,1-3H3,(H,17,20). The third-order valence-electron chi connectivity index (χ3n) is 4.51. The van der Waals surface area contributed by atoms with Crippen molar-refractivity contribution in [3.05, 3.63) is 17.0 Å². The highest BCUT2D eigenvalue weighted by atomic mass is 16.3. The van der Waals surface area contributed by atoms with Crippen molar-refractivity contribution in [1.82, 2.24) is 15.1 Å². The Kier molecular flexibility index (Phi) is 5.04. The van der Waals surface area contributed by atoms with E-state index in [1.807, 2.05) is 11.7 Å². The largest absolute Gasteiger partial charge is 0.389 e. The van der Waals surface area contributed by atoms with E-state index in [2.05, 4.69) is 24.3 Å². The second-order valence-corrected chi connectivity index (χ2v) is 6.09. The molecule has 1 heterocycles. The van der Waals surface area contributed by atoms with E-state index in [0.717, 1.165) is 49.8 Å². The van der Waals surface area contributed by atoms with Gasteiger partial charge in [0.05, 0.1) is 17.7 Å². The summed E-state index contributed by atoms with van der Waals surface area (Å²) >= 11 is 0. The molecular formula is C16H27N3O2. The van der Waals surface area contributed by atoms with E-state index in [4.69, 9.17) is 0 Å². The second-order valence-electron chi connectivity index (χ2n) is 6.09. The maximum Gasteiger partial charge on any atom is 0.223 e. The molecule has 1 aliphatic rings. The number of aliphatic hydroxyl groups is 1. The van der Waals surface area contributed by atoms with Gasteiger partial charge in [0.2, 0.25) is 5.91 Å². The summed E-state index contributed by atoms with van der Waals surface area (Å²) < 4.78 is 1.91. The summed E-state index contributed by atoms with van der Waals surface area (Å²) in [5.41, 5.74) is 2.58. The molecule has 0 bridgehead atoms. The predicted octanol–water partition coefficient (Wildman–Crippen LogP) is 1.86. The zero-order chi connectivity index (χ0) is 15.5. The zero-order valence-electron chi connectivity index (χ0n) is 13.4. The molecule has 0 spiro atoms. The van der Waals surface area contributed by atoms with E-state index in [-0.39, 0.29) is 12.3 Å². The first-order valence-corrected chi connectivity index (χ1v) is 8.01. The Balaban J connectivity index is 1.97. The molecule has 2 rings (SSSR count). The van der Waals surface area contributed by atoms with Gasteiger partial charge < -0.3 is 10.4 Å². The van der Waals surface area contributed by atoms with E-state index in [9.17, 15) is 9.90 Å². The van der Waals surface area contributed by atoms with Crippen molar-refractivity contribution in [3.8, 4) is 0 Å². The smallest absolute Gasteiger partial charge is 0.223 e. The molecule has 1 saturated carbocycles. The second kappa shape index (κ2) is 6.60. The van der Waals surface area contributed by atoms with Crippen LogP contribution in [0.15, 0.2) is 0 Å². The molecule has 1 aromatic heterocycles. The van der Waals surface area contributed by atoms with Gasteiger partial charge in [-0.25, -0.2) is 0 Å². The Morgan fingerprint density at radius 3 is 2.57 bits per heavy atom. The lowest BCUT2D eigenvalue weighted by Crippen LogP contribution is -2.34. The molecule has 1 fully saturated rings. The van der Waals surface area contributed by atoms with Crippen molar-refractivity contribution in [2.45, 2.75) is 70.9 Å². The van der Waals surface area contributed by atoms with Crippen LogP contribution in [0.1, 0.15) is 62.9 Å². The molecule has 118 valence electrons. The average Bonchev–Trinajstić information content (AvgIpc) is 2.99. The number of aryl methyl sites for hydroxylation is 2. The van der Waals surface area contributed by atoms with Crippen LogP contribution >= 0.6 is 0 Å². The fourth-order valence-corrected chi connectivity index (χ4v) is 3.35. The molecule has 0 saturated heterocycles. The summed E-state index contributed by atoms with van der Waals surface area (Å²) in [7, 11) is 1.95. The topological polar surface area (TPSA) is 67.2 Å². The highest BCUT2D eigenvalue weighted by Gasteiger charge is 2.33. The van der Waals surface area contributed by atoms with Gasteiger partial charge in [0.15, 0.2) is 0 Å². The Morgan fingerprint density at radius 2 is 2.00 bits per heavy atom. The first-order valence-electron chi connectivity index (χ1n) is 8.01. The maximum absolute atomic E-state index is 12.1. The number of amides is 1. The third kappa shape index (κ3) is 3.64. The minimum atomic E-state index is -0.778. The number of carbonyl (C=O) groups excluding carboxylic acids is 1. The minimum absolute atomic E-state index is 0.0626. The number of nitrogens with one attached hydrogen (secondary N) is 1. The van der Waals surface area contributed by atoms with Crippen molar-refractivity contribution in [3.63, 3.8) is 0 Å². The Bertz CT molecular complexity index is 502.